The number of hydrogen-bond donors (Lipinski definition) is 2. The number of nitrogens with two attached hydrogens (primary N) is 2. The van der Waals surface area contributed by atoms with Crippen LogP contribution in [0.5, 0.6) is 0 Å². The zero-order chi connectivity index (χ0) is 23.5. The molecule has 0 aromatic heterocycles. The van der Waals surface area contributed by atoms with E-state index >= 15 is 0 Å². The Bertz CT molecular complexity index is 883. The van der Waals surface area contributed by atoms with Gasteiger partial charge in [-0.05, 0) is 29.3 Å². The molecule has 0 atom stereocenters. The first kappa shape index (κ1) is 23.7. The highest BCUT2D eigenvalue weighted by atomic mass is 19.4. The van der Waals surface area contributed by atoms with E-state index in [1.54, 1.807) is 0 Å². The van der Waals surface area contributed by atoms with Crippen molar-refractivity contribution in [3.8, 4) is 0 Å². The SMILES string of the molecule is NC1=CC(C(F)(F)F)=C(c2ccc(N)cc2C(F)(F)F)C(C(F)(F)F)(C(F)(F)F)C1. The molecule has 1 aromatic rings. The highest BCUT2D eigenvalue weighted by Crippen LogP contribution is 2.65. The van der Waals surface area contributed by atoms with Gasteiger partial charge in [-0.25, -0.2) is 0 Å². The van der Waals surface area contributed by atoms with Crippen LogP contribution in [0.2, 0.25) is 0 Å². The van der Waals surface area contributed by atoms with E-state index in [1.165, 1.54) is 0 Å². The minimum Gasteiger partial charge on any atom is -0.402 e. The molecule has 2 nitrogen and oxygen atoms in total. The van der Waals surface area contributed by atoms with Crippen LogP contribution in [0.15, 0.2) is 35.5 Å². The second kappa shape index (κ2) is 6.74. The largest absolute Gasteiger partial charge is 0.417 e. The van der Waals surface area contributed by atoms with E-state index < -0.39 is 70.2 Å². The van der Waals surface area contributed by atoms with Crippen LogP contribution in [0.1, 0.15) is 17.5 Å². The van der Waals surface area contributed by atoms with Crippen LogP contribution in [0.25, 0.3) is 5.57 Å². The van der Waals surface area contributed by atoms with Gasteiger partial charge >= 0.3 is 24.7 Å². The Kier molecular flexibility index (Phi) is 5.33. The van der Waals surface area contributed by atoms with Crippen molar-refractivity contribution in [1.82, 2.24) is 0 Å². The Balaban J connectivity index is 3.19. The third-order valence-electron chi connectivity index (χ3n) is 4.39. The Morgan fingerprint density at radius 2 is 1.23 bits per heavy atom. The van der Waals surface area contributed by atoms with Gasteiger partial charge in [0.05, 0.1) is 11.1 Å². The summed E-state index contributed by atoms with van der Waals surface area (Å²) in [4.78, 5) is 0. The quantitative estimate of drug-likeness (QED) is 0.403. The van der Waals surface area contributed by atoms with Crippen molar-refractivity contribution < 1.29 is 52.7 Å². The maximum atomic E-state index is 13.8. The standard InChI is InChI=1S/C16H10F12N2/c17-13(18,19)9-3-6(29)1-2-8(9)11-10(14(20,21)22)4-7(30)5-12(11,15(23,24)25)16(26,27)28/h1-4H,5,29-30H2. The van der Waals surface area contributed by atoms with Crippen LogP contribution in [-0.2, 0) is 6.18 Å². The highest BCUT2D eigenvalue weighted by Gasteiger charge is 2.74. The second-order valence-corrected chi connectivity index (χ2v) is 6.39. The highest BCUT2D eigenvalue weighted by molar-refractivity contribution is 5.82. The van der Waals surface area contributed by atoms with Crippen molar-refractivity contribution in [2.75, 3.05) is 5.73 Å². The van der Waals surface area contributed by atoms with Gasteiger partial charge in [-0.3, -0.25) is 0 Å². The lowest BCUT2D eigenvalue weighted by Gasteiger charge is -2.43. The summed E-state index contributed by atoms with van der Waals surface area (Å²) in [5.74, 6) is 0. The van der Waals surface area contributed by atoms with Crippen molar-refractivity contribution in [3.63, 3.8) is 0 Å². The van der Waals surface area contributed by atoms with Gasteiger partial charge in [-0.1, -0.05) is 6.07 Å². The van der Waals surface area contributed by atoms with Gasteiger partial charge in [-0.15, -0.1) is 0 Å². The number of alkyl halides is 12. The zero-order valence-corrected chi connectivity index (χ0v) is 14.2. The van der Waals surface area contributed by atoms with Gasteiger partial charge in [0, 0.05) is 17.8 Å². The molecule has 1 aromatic carbocycles. The summed E-state index contributed by atoms with van der Waals surface area (Å²) in [6.45, 7) is 0. The van der Waals surface area contributed by atoms with Crippen molar-refractivity contribution in [2.24, 2.45) is 11.1 Å². The molecule has 0 unspecified atom stereocenters. The molecule has 0 fully saturated rings. The number of rotatable bonds is 1. The fourth-order valence-corrected chi connectivity index (χ4v) is 3.19. The molecule has 0 saturated carbocycles. The van der Waals surface area contributed by atoms with Crippen molar-refractivity contribution in [1.29, 1.82) is 0 Å². The van der Waals surface area contributed by atoms with Gasteiger partial charge in [0.1, 0.15) is 0 Å². The van der Waals surface area contributed by atoms with Crippen LogP contribution in [0.3, 0.4) is 0 Å². The Morgan fingerprint density at radius 1 is 0.733 bits per heavy atom. The summed E-state index contributed by atoms with van der Waals surface area (Å²) in [5, 5.41) is 0. The van der Waals surface area contributed by atoms with E-state index in [0.29, 0.717) is 6.07 Å². The van der Waals surface area contributed by atoms with E-state index in [2.05, 4.69) is 0 Å². The molecule has 0 amide bonds. The molecular formula is C16H10F12N2. The summed E-state index contributed by atoms with van der Waals surface area (Å²) in [6.07, 6.45) is -27.0. The van der Waals surface area contributed by atoms with Gasteiger partial charge in [-0.2, -0.15) is 52.7 Å². The average Bonchev–Trinajstić information content (AvgIpc) is 2.50. The number of anilines is 1. The van der Waals surface area contributed by atoms with E-state index in [9.17, 15) is 52.7 Å². The minimum absolute atomic E-state index is 0.0425. The van der Waals surface area contributed by atoms with E-state index in [4.69, 9.17) is 11.5 Å². The molecule has 1 aliphatic carbocycles. The summed E-state index contributed by atoms with van der Waals surface area (Å²) in [7, 11) is 0. The van der Waals surface area contributed by atoms with Crippen LogP contribution in [-0.4, -0.2) is 18.5 Å². The molecule has 0 bridgehead atoms. The smallest absolute Gasteiger partial charge is 0.402 e. The normalized spacial score (nSPS) is 18.5. The number of allylic oxidation sites excluding steroid dienone is 4. The third-order valence-corrected chi connectivity index (χ3v) is 4.39. The van der Waals surface area contributed by atoms with Crippen LogP contribution in [0.4, 0.5) is 58.4 Å². The monoisotopic (exact) mass is 458 g/mol. The predicted molar refractivity (Wildman–Crippen MR) is 80.3 cm³/mol. The fraction of sp³-hybridized carbons (Fsp3) is 0.375. The van der Waals surface area contributed by atoms with Gasteiger partial charge in [0.25, 0.3) is 0 Å². The summed E-state index contributed by atoms with van der Waals surface area (Å²) in [5.41, 5.74) is -6.83. The fourth-order valence-electron chi connectivity index (χ4n) is 3.19. The molecule has 0 heterocycles. The topological polar surface area (TPSA) is 52.0 Å². The Labute approximate surface area is 159 Å². The zero-order valence-electron chi connectivity index (χ0n) is 14.2. The van der Waals surface area contributed by atoms with Gasteiger partial charge in [0.2, 0.25) is 0 Å². The molecule has 1 aliphatic rings. The van der Waals surface area contributed by atoms with Crippen molar-refractivity contribution >= 4 is 11.3 Å². The molecule has 30 heavy (non-hydrogen) atoms. The van der Waals surface area contributed by atoms with Crippen LogP contribution < -0.4 is 11.5 Å². The number of hydrogen-bond acceptors (Lipinski definition) is 2. The molecule has 2 rings (SSSR count). The first-order chi connectivity index (χ1) is 13.2. The molecule has 168 valence electrons. The minimum atomic E-state index is -6.49. The second-order valence-electron chi connectivity index (χ2n) is 6.39. The van der Waals surface area contributed by atoms with Crippen LogP contribution in [0, 0.1) is 5.41 Å². The van der Waals surface area contributed by atoms with E-state index in [-0.39, 0.29) is 18.2 Å². The van der Waals surface area contributed by atoms with Gasteiger partial charge in [0.15, 0.2) is 5.41 Å². The maximum absolute atomic E-state index is 13.8. The van der Waals surface area contributed by atoms with E-state index in [1.807, 2.05) is 0 Å². The molecular weight excluding hydrogens is 448 g/mol. The molecule has 0 saturated heterocycles. The Hall–Kier alpha value is -2.54. The average molecular weight is 458 g/mol. The molecule has 0 aliphatic heterocycles. The molecule has 14 heteroatoms. The Morgan fingerprint density at radius 3 is 1.63 bits per heavy atom. The molecule has 0 radical (unpaired) electrons. The van der Waals surface area contributed by atoms with Crippen molar-refractivity contribution in [3.05, 3.63) is 46.7 Å². The summed E-state index contributed by atoms with van der Waals surface area (Å²) < 4.78 is 163. The number of nitrogen functional groups attached to an aromatic ring is 1. The lowest BCUT2D eigenvalue weighted by atomic mass is 9.66. The summed E-state index contributed by atoms with van der Waals surface area (Å²) in [6, 6.07) is 0.459. The van der Waals surface area contributed by atoms with Crippen LogP contribution >= 0.6 is 0 Å². The number of benzene rings is 1. The first-order valence-electron chi connectivity index (χ1n) is 7.62. The first-order valence-corrected chi connectivity index (χ1v) is 7.62. The molecule has 4 N–H and O–H groups in total. The lowest BCUT2D eigenvalue weighted by molar-refractivity contribution is -0.317. The third kappa shape index (κ3) is 3.78. The number of halogens is 12. The van der Waals surface area contributed by atoms with Gasteiger partial charge < -0.3 is 11.5 Å². The lowest BCUT2D eigenvalue weighted by Crippen LogP contribution is -2.53. The predicted octanol–water partition coefficient (Wildman–Crippen LogP) is 5.96. The van der Waals surface area contributed by atoms with Crippen molar-refractivity contribution in [2.45, 2.75) is 31.1 Å². The summed E-state index contributed by atoms with van der Waals surface area (Å²) >= 11 is 0. The molecule has 0 spiro atoms. The van der Waals surface area contributed by atoms with E-state index in [0.717, 1.165) is 0 Å². The maximum Gasteiger partial charge on any atom is 0.417 e.